The smallest absolute Gasteiger partial charge is 0.243 e. The van der Waals surface area contributed by atoms with E-state index < -0.39 is 10.0 Å². The Morgan fingerprint density at radius 3 is 2.19 bits per heavy atom. The normalized spacial score (nSPS) is 14.9. The lowest BCUT2D eigenvalue weighted by molar-refractivity contribution is 0.383. The van der Waals surface area contributed by atoms with E-state index in [1.165, 1.54) is 9.87 Å². The molecule has 1 aliphatic rings. The molecular weight excluding hydrogens is 426 g/mol. The molecule has 1 fully saturated rings. The molecular formula is C23H27N5O3S. The van der Waals surface area contributed by atoms with Gasteiger partial charge in [0.1, 0.15) is 11.6 Å². The molecule has 1 aliphatic heterocycles. The highest BCUT2D eigenvalue weighted by atomic mass is 32.2. The number of aryl methyl sites for hydroxylation is 2. The van der Waals surface area contributed by atoms with Gasteiger partial charge in [0.2, 0.25) is 16.0 Å². The van der Waals surface area contributed by atoms with Gasteiger partial charge in [-0.1, -0.05) is 17.7 Å². The van der Waals surface area contributed by atoms with E-state index >= 15 is 0 Å². The minimum Gasteiger partial charge on any atom is -0.497 e. The third-order valence-electron chi connectivity index (χ3n) is 5.41. The fourth-order valence-electron chi connectivity index (χ4n) is 3.59. The average Bonchev–Trinajstić information content (AvgIpc) is 2.80. The largest absolute Gasteiger partial charge is 0.497 e. The van der Waals surface area contributed by atoms with Gasteiger partial charge in [0.15, 0.2) is 0 Å². The predicted molar refractivity (Wildman–Crippen MR) is 125 cm³/mol. The molecule has 1 saturated heterocycles. The maximum Gasteiger partial charge on any atom is 0.243 e. The number of benzene rings is 2. The fraction of sp³-hybridized carbons (Fsp3) is 0.304. The molecule has 0 saturated carbocycles. The van der Waals surface area contributed by atoms with Gasteiger partial charge in [-0.15, -0.1) is 0 Å². The quantitative estimate of drug-likeness (QED) is 0.612. The molecule has 8 nitrogen and oxygen atoms in total. The number of methoxy groups -OCH3 is 1. The highest BCUT2D eigenvalue weighted by Crippen LogP contribution is 2.23. The molecule has 0 atom stereocenters. The van der Waals surface area contributed by atoms with Gasteiger partial charge < -0.3 is 15.0 Å². The standard InChI is InChI=1S/C23H27N5O3S/c1-17-4-6-19(7-5-17)25-23-24-18(2)16-22(26-23)27-12-14-28(15-13-27)32(29,30)21-10-8-20(31-3)9-11-21/h4-11,16H,12-15H2,1-3H3,(H,24,25,26). The Labute approximate surface area is 188 Å². The number of rotatable bonds is 6. The van der Waals surface area contributed by atoms with Crippen molar-refractivity contribution in [3.8, 4) is 5.75 Å². The first-order valence-corrected chi connectivity index (χ1v) is 11.9. The molecule has 2 heterocycles. The molecule has 0 spiro atoms. The van der Waals surface area contributed by atoms with Crippen molar-refractivity contribution in [3.05, 3.63) is 65.9 Å². The van der Waals surface area contributed by atoms with E-state index in [1.807, 2.05) is 44.2 Å². The number of anilines is 3. The molecule has 1 aromatic heterocycles. The Kier molecular flexibility index (Phi) is 6.29. The van der Waals surface area contributed by atoms with Crippen LogP contribution in [0.2, 0.25) is 0 Å². The molecule has 2 aromatic carbocycles. The monoisotopic (exact) mass is 453 g/mol. The van der Waals surface area contributed by atoms with Crippen LogP contribution in [0.1, 0.15) is 11.3 Å². The number of nitrogens with one attached hydrogen (secondary N) is 1. The van der Waals surface area contributed by atoms with E-state index in [1.54, 1.807) is 31.4 Å². The van der Waals surface area contributed by atoms with Gasteiger partial charge in [-0.3, -0.25) is 0 Å². The Hall–Kier alpha value is -3.17. The lowest BCUT2D eigenvalue weighted by Gasteiger charge is -2.34. The molecule has 0 bridgehead atoms. The van der Waals surface area contributed by atoms with Crippen molar-refractivity contribution in [3.63, 3.8) is 0 Å². The number of piperazine rings is 1. The van der Waals surface area contributed by atoms with Crippen molar-refractivity contribution in [1.82, 2.24) is 14.3 Å². The van der Waals surface area contributed by atoms with Crippen LogP contribution in [0.15, 0.2) is 59.5 Å². The molecule has 0 amide bonds. The van der Waals surface area contributed by atoms with Crippen molar-refractivity contribution >= 4 is 27.5 Å². The van der Waals surface area contributed by atoms with Gasteiger partial charge in [-0.2, -0.15) is 9.29 Å². The summed E-state index contributed by atoms with van der Waals surface area (Å²) in [5.41, 5.74) is 2.95. The van der Waals surface area contributed by atoms with Gasteiger partial charge >= 0.3 is 0 Å². The summed E-state index contributed by atoms with van der Waals surface area (Å²) in [6.07, 6.45) is 0. The Balaban J connectivity index is 1.45. The molecule has 3 aromatic rings. The Morgan fingerprint density at radius 1 is 0.906 bits per heavy atom. The predicted octanol–water partition coefficient (Wildman–Crippen LogP) is 3.36. The molecule has 32 heavy (non-hydrogen) atoms. The summed E-state index contributed by atoms with van der Waals surface area (Å²) in [6.45, 7) is 5.84. The third-order valence-corrected chi connectivity index (χ3v) is 7.32. The first kappa shape index (κ1) is 22.0. The maximum atomic E-state index is 13.0. The number of nitrogens with zero attached hydrogens (tertiary/aromatic N) is 4. The van der Waals surface area contributed by atoms with Crippen LogP contribution in [0, 0.1) is 13.8 Å². The van der Waals surface area contributed by atoms with Crippen LogP contribution in [0.3, 0.4) is 0 Å². The molecule has 1 N–H and O–H groups in total. The summed E-state index contributed by atoms with van der Waals surface area (Å²) in [6, 6.07) is 16.4. The zero-order valence-corrected chi connectivity index (χ0v) is 19.3. The third kappa shape index (κ3) is 4.84. The van der Waals surface area contributed by atoms with Crippen molar-refractivity contribution in [1.29, 1.82) is 0 Å². The van der Waals surface area contributed by atoms with Crippen LogP contribution in [-0.4, -0.2) is 56.0 Å². The Bertz CT molecular complexity index is 1170. The van der Waals surface area contributed by atoms with Gasteiger partial charge in [-0.25, -0.2) is 13.4 Å². The lowest BCUT2D eigenvalue weighted by Crippen LogP contribution is -2.49. The van der Waals surface area contributed by atoms with E-state index in [0.29, 0.717) is 37.9 Å². The highest BCUT2D eigenvalue weighted by molar-refractivity contribution is 7.89. The zero-order valence-electron chi connectivity index (χ0n) is 18.4. The summed E-state index contributed by atoms with van der Waals surface area (Å²) in [5, 5.41) is 3.25. The first-order valence-electron chi connectivity index (χ1n) is 10.4. The molecule has 0 radical (unpaired) electrons. The second-order valence-corrected chi connectivity index (χ2v) is 9.69. The molecule has 9 heteroatoms. The van der Waals surface area contributed by atoms with Gasteiger partial charge in [-0.05, 0) is 50.2 Å². The van der Waals surface area contributed by atoms with Crippen LogP contribution >= 0.6 is 0 Å². The Morgan fingerprint density at radius 2 is 1.56 bits per heavy atom. The second kappa shape index (κ2) is 9.13. The van der Waals surface area contributed by atoms with Crippen LogP contribution < -0.4 is 15.0 Å². The maximum absolute atomic E-state index is 13.0. The van der Waals surface area contributed by atoms with Crippen molar-refractivity contribution in [2.24, 2.45) is 0 Å². The second-order valence-electron chi connectivity index (χ2n) is 7.75. The van der Waals surface area contributed by atoms with E-state index in [4.69, 9.17) is 4.74 Å². The molecule has 4 rings (SSSR count). The van der Waals surface area contributed by atoms with Gasteiger partial charge in [0.05, 0.1) is 12.0 Å². The summed E-state index contributed by atoms with van der Waals surface area (Å²) < 4.78 is 32.6. The average molecular weight is 454 g/mol. The summed E-state index contributed by atoms with van der Waals surface area (Å²) in [4.78, 5) is 11.5. The minimum absolute atomic E-state index is 0.272. The van der Waals surface area contributed by atoms with E-state index in [0.717, 1.165) is 17.2 Å². The summed E-state index contributed by atoms with van der Waals surface area (Å²) in [5.74, 6) is 1.94. The van der Waals surface area contributed by atoms with Crippen molar-refractivity contribution < 1.29 is 13.2 Å². The van der Waals surface area contributed by atoms with Gasteiger partial charge in [0.25, 0.3) is 0 Å². The van der Waals surface area contributed by atoms with Crippen molar-refractivity contribution in [2.45, 2.75) is 18.7 Å². The molecule has 168 valence electrons. The first-order chi connectivity index (χ1) is 15.3. The number of hydrogen-bond acceptors (Lipinski definition) is 7. The number of sulfonamides is 1. The topological polar surface area (TPSA) is 87.7 Å². The van der Waals surface area contributed by atoms with E-state index in [-0.39, 0.29) is 4.90 Å². The van der Waals surface area contributed by atoms with E-state index in [2.05, 4.69) is 20.2 Å². The fourth-order valence-corrected chi connectivity index (χ4v) is 5.01. The van der Waals surface area contributed by atoms with Crippen LogP contribution in [0.25, 0.3) is 0 Å². The molecule has 0 unspecified atom stereocenters. The zero-order chi connectivity index (χ0) is 22.7. The van der Waals surface area contributed by atoms with E-state index in [9.17, 15) is 8.42 Å². The number of aromatic nitrogens is 2. The lowest BCUT2D eigenvalue weighted by atomic mass is 10.2. The van der Waals surface area contributed by atoms with Crippen LogP contribution in [-0.2, 0) is 10.0 Å². The number of hydrogen-bond donors (Lipinski definition) is 1. The van der Waals surface area contributed by atoms with Crippen LogP contribution in [0.4, 0.5) is 17.5 Å². The molecule has 0 aliphatic carbocycles. The highest BCUT2D eigenvalue weighted by Gasteiger charge is 2.29. The SMILES string of the molecule is COc1ccc(S(=O)(=O)N2CCN(c3cc(C)nc(Nc4ccc(C)cc4)n3)CC2)cc1. The summed E-state index contributed by atoms with van der Waals surface area (Å²) >= 11 is 0. The van der Waals surface area contributed by atoms with Crippen LogP contribution in [0.5, 0.6) is 5.75 Å². The summed E-state index contributed by atoms with van der Waals surface area (Å²) in [7, 11) is -1.99. The van der Waals surface area contributed by atoms with Gasteiger partial charge in [0, 0.05) is 43.6 Å². The number of ether oxygens (including phenoxy) is 1. The van der Waals surface area contributed by atoms with Crippen molar-refractivity contribution in [2.75, 3.05) is 43.5 Å². The minimum atomic E-state index is -3.55.